The Bertz CT molecular complexity index is 569. The Morgan fingerprint density at radius 3 is 2.48 bits per heavy atom. The predicted octanol–water partition coefficient (Wildman–Crippen LogP) is 3.00. The molecule has 1 aliphatic heterocycles. The molecule has 0 spiro atoms. The van der Waals surface area contributed by atoms with Gasteiger partial charge in [-0.15, -0.1) is 0 Å². The number of benzene rings is 1. The van der Waals surface area contributed by atoms with E-state index in [0.717, 1.165) is 24.2 Å². The average molecular weight is 316 g/mol. The molecule has 1 aromatic carbocycles. The van der Waals surface area contributed by atoms with Crippen LogP contribution in [0.5, 0.6) is 0 Å². The highest BCUT2D eigenvalue weighted by Gasteiger charge is 2.56. The number of thioether (sulfide) groups is 1. The zero-order chi connectivity index (χ0) is 15.7. The Kier molecular flexibility index (Phi) is 4.32. The van der Waals surface area contributed by atoms with E-state index < -0.39 is 16.6 Å². The van der Waals surface area contributed by atoms with Crippen molar-refractivity contribution in [1.29, 1.82) is 0 Å². The molecule has 21 heavy (non-hydrogen) atoms. The first kappa shape index (κ1) is 15.9. The highest BCUT2D eigenvalue weighted by atomic mass is 32.2. The van der Waals surface area contributed by atoms with E-state index >= 15 is 0 Å². The van der Waals surface area contributed by atoms with Gasteiger partial charge in [0.2, 0.25) is 0 Å². The SMILES string of the molecule is CC(F)(F)C1(C)SC(NCCc2ccc(F)cc2)=NC1=O. The molecule has 0 aliphatic carbocycles. The third kappa shape index (κ3) is 3.40. The monoisotopic (exact) mass is 316 g/mol. The maximum absolute atomic E-state index is 13.5. The lowest BCUT2D eigenvalue weighted by molar-refractivity contribution is -0.128. The van der Waals surface area contributed by atoms with Gasteiger partial charge in [-0.25, -0.2) is 13.2 Å². The van der Waals surface area contributed by atoms with Crippen LogP contribution in [0.4, 0.5) is 13.2 Å². The number of carbonyl (C=O) groups is 1. The fourth-order valence-electron chi connectivity index (χ4n) is 1.78. The van der Waals surface area contributed by atoms with Crippen LogP contribution in [-0.2, 0) is 11.2 Å². The van der Waals surface area contributed by atoms with Crippen LogP contribution in [0.15, 0.2) is 29.3 Å². The second-order valence-electron chi connectivity index (χ2n) is 5.05. The van der Waals surface area contributed by atoms with Gasteiger partial charge in [0.1, 0.15) is 5.82 Å². The third-order valence-corrected chi connectivity index (χ3v) is 4.72. The third-order valence-electron chi connectivity index (χ3n) is 3.35. The lowest BCUT2D eigenvalue weighted by Gasteiger charge is -2.26. The van der Waals surface area contributed by atoms with E-state index in [2.05, 4.69) is 10.3 Å². The van der Waals surface area contributed by atoms with E-state index in [0.29, 0.717) is 13.0 Å². The molecule has 1 aliphatic rings. The summed E-state index contributed by atoms with van der Waals surface area (Å²) in [5.74, 6) is -4.29. The summed E-state index contributed by atoms with van der Waals surface area (Å²) in [5.41, 5.74) is 0.905. The molecule has 0 radical (unpaired) electrons. The van der Waals surface area contributed by atoms with E-state index in [1.165, 1.54) is 19.1 Å². The second-order valence-corrected chi connectivity index (χ2v) is 6.46. The summed E-state index contributed by atoms with van der Waals surface area (Å²) in [4.78, 5) is 15.3. The van der Waals surface area contributed by atoms with Gasteiger partial charge >= 0.3 is 0 Å². The standard InChI is InChI=1S/C14H15F3N2OS/c1-13(14(2,16)17)11(20)19-12(21-13)18-8-7-9-3-5-10(15)6-4-9/h3-6H,7-8H2,1-2H3,(H,18,19,20). The number of alkyl halides is 2. The van der Waals surface area contributed by atoms with Crippen LogP contribution in [0.1, 0.15) is 19.4 Å². The number of carbonyl (C=O) groups excluding carboxylic acids is 1. The molecule has 0 aromatic heterocycles. The zero-order valence-corrected chi connectivity index (χ0v) is 12.4. The highest BCUT2D eigenvalue weighted by Crippen LogP contribution is 2.44. The molecule has 1 aromatic rings. The van der Waals surface area contributed by atoms with E-state index in [1.54, 1.807) is 12.1 Å². The van der Waals surface area contributed by atoms with Crippen LogP contribution in [0.3, 0.4) is 0 Å². The van der Waals surface area contributed by atoms with Crippen molar-refractivity contribution in [3.05, 3.63) is 35.6 Å². The van der Waals surface area contributed by atoms with Gasteiger partial charge in [0.15, 0.2) is 9.91 Å². The number of hydrogen-bond acceptors (Lipinski definition) is 3. The summed E-state index contributed by atoms with van der Waals surface area (Å²) in [7, 11) is 0. The van der Waals surface area contributed by atoms with Crippen LogP contribution in [0.2, 0.25) is 0 Å². The lowest BCUT2D eigenvalue weighted by atomic mass is 10.0. The number of hydrogen-bond donors (Lipinski definition) is 1. The maximum atomic E-state index is 13.5. The second kappa shape index (κ2) is 5.71. The molecule has 3 nitrogen and oxygen atoms in total. The normalized spacial score (nSPS) is 22.3. The molecule has 1 heterocycles. The minimum atomic E-state index is -3.15. The van der Waals surface area contributed by atoms with Gasteiger partial charge in [-0.3, -0.25) is 4.79 Å². The molecule has 0 fully saturated rings. The zero-order valence-electron chi connectivity index (χ0n) is 11.6. The Morgan fingerprint density at radius 2 is 1.95 bits per heavy atom. The number of rotatable bonds is 4. The lowest BCUT2D eigenvalue weighted by Crippen LogP contribution is -2.44. The van der Waals surface area contributed by atoms with Crippen molar-refractivity contribution in [2.45, 2.75) is 30.9 Å². The first-order chi connectivity index (χ1) is 9.72. The first-order valence-corrected chi connectivity index (χ1v) is 7.22. The van der Waals surface area contributed by atoms with Gasteiger partial charge in [0, 0.05) is 13.5 Å². The van der Waals surface area contributed by atoms with Gasteiger partial charge in [-0.2, -0.15) is 4.99 Å². The van der Waals surface area contributed by atoms with Crippen molar-refractivity contribution in [2.24, 2.45) is 4.99 Å². The average Bonchev–Trinajstić information content (AvgIpc) is 2.68. The molecule has 2 rings (SSSR count). The van der Waals surface area contributed by atoms with Crippen LogP contribution in [-0.4, -0.2) is 28.3 Å². The number of nitrogens with one attached hydrogen (secondary N) is 1. The molecular formula is C14H15F3N2OS. The molecule has 1 atom stereocenters. The molecule has 1 unspecified atom stereocenters. The molecular weight excluding hydrogens is 301 g/mol. The minimum absolute atomic E-state index is 0.200. The quantitative estimate of drug-likeness (QED) is 0.928. The van der Waals surface area contributed by atoms with Crippen LogP contribution in [0, 0.1) is 5.82 Å². The van der Waals surface area contributed by atoms with Crippen molar-refractivity contribution in [1.82, 2.24) is 5.32 Å². The first-order valence-electron chi connectivity index (χ1n) is 6.41. The molecule has 0 saturated carbocycles. The van der Waals surface area contributed by atoms with Crippen molar-refractivity contribution in [2.75, 3.05) is 6.54 Å². The van der Waals surface area contributed by atoms with Crippen LogP contribution in [0.25, 0.3) is 0 Å². The Balaban J connectivity index is 1.89. The van der Waals surface area contributed by atoms with E-state index in [1.807, 2.05) is 0 Å². The largest absolute Gasteiger partial charge is 0.364 e. The summed E-state index contributed by atoms with van der Waals surface area (Å²) in [5, 5.41) is 3.07. The summed E-state index contributed by atoms with van der Waals surface area (Å²) >= 11 is 0.745. The maximum Gasteiger partial charge on any atom is 0.270 e. The van der Waals surface area contributed by atoms with Gasteiger partial charge in [0.05, 0.1) is 0 Å². The summed E-state index contributed by atoms with van der Waals surface area (Å²) < 4.78 is 37.9. The minimum Gasteiger partial charge on any atom is -0.364 e. The predicted molar refractivity (Wildman–Crippen MR) is 77.2 cm³/mol. The van der Waals surface area contributed by atoms with Gasteiger partial charge in [0.25, 0.3) is 11.8 Å². The number of nitrogens with zero attached hydrogens (tertiary/aromatic N) is 1. The number of amidine groups is 1. The molecule has 1 N–H and O–H groups in total. The van der Waals surface area contributed by atoms with Gasteiger partial charge in [-0.1, -0.05) is 23.9 Å². The van der Waals surface area contributed by atoms with Crippen molar-refractivity contribution < 1.29 is 18.0 Å². The number of amides is 1. The number of halogens is 3. The van der Waals surface area contributed by atoms with Crippen molar-refractivity contribution in [3.63, 3.8) is 0 Å². The molecule has 114 valence electrons. The molecule has 7 heteroatoms. The van der Waals surface area contributed by atoms with Gasteiger partial charge in [-0.05, 0) is 31.0 Å². The fourth-order valence-corrected chi connectivity index (χ4v) is 2.78. The Labute approximate surface area is 125 Å². The smallest absolute Gasteiger partial charge is 0.270 e. The van der Waals surface area contributed by atoms with Crippen molar-refractivity contribution in [3.8, 4) is 0 Å². The van der Waals surface area contributed by atoms with E-state index in [4.69, 9.17) is 0 Å². The van der Waals surface area contributed by atoms with E-state index in [-0.39, 0.29) is 11.0 Å². The molecule has 1 amide bonds. The van der Waals surface area contributed by atoms with E-state index in [9.17, 15) is 18.0 Å². The fraction of sp³-hybridized carbons (Fsp3) is 0.429. The van der Waals surface area contributed by atoms with Crippen molar-refractivity contribution >= 4 is 22.8 Å². The highest BCUT2D eigenvalue weighted by molar-refractivity contribution is 8.16. The summed E-state index contributed by atoms with van der Waals surface area (Å²) in [6, 6.07) is 6.01. The topological polar surface area (TPSA) is 41.5 Å². The van der Waals surface area contributed by atoms with Gasteiger partial charge < -0.3 is 5.32 Å². The Hall–Kier alpha value is -1.50. The van der Waals surface area contributed by atoms with Crippen LogP contribution < -0.4 is 5.32 Å². The molecule has 0 bridgehead atoms. The number of aliphatic imine (C=N–C) groups is 1. The molecule has 0 saturated heterocycles. The summed E-state index contributed by atoms with van der Waals surface area (Å²) in [6.45, 7) is 2.34. The van der Waals surface area contributed by atoms with Crippen LogP contribution >= 0.6 is 11.8 Å². The Morgan fingerprint density at radius 1 is 1.33 bits per heavy atom. The summed E-state index contributed by atoms with van der Waals surface area (Å²) in [6.07, 6.45) is 0.577.